The third-order valence-corrected chi connectivity index (χ3v) is 2.90. The van der Waals surface area contributed by atoms with E-state index < -0.39 is 5.97 Å². The molecule has 1 rings (SSSR count). The van der Waals surface area contributed by atoms with Crippen LogP contribution in [0.5, 0.6) is 0 Å². The molecule has 110 valence electrons. The van der Waals surface area contributed by atoms with Gasteiger partial charge in [-0.2, -0.15) is 4.33 Å². The van der Waals surface area contributed by atoms with Gasteiger partial charge in [0.05, 0.1) is 16.9 Å². The maximum atomic E-state index is 11.5. The summed E-state index contributed by atoms with van der Waals surface area (Å²) in [6.07, 6.45) is 0.0987. The fourth-order valence-corrected chi connectivity index (χ4v) is 1.75. The Morgan fingerprint density at radius 3 is 2.50 bits per heavy atom. The number of carboxylic acid groups (broad SMARTS) is 1. The van der Waals surface area contributed by atoms with E-state index in [2.05, 4.69) is 14.7 Å². The zero-order valence-corrected chi connectivity index (χ0v) is 17.1. The number of aliphatic carboxylic acids is 1. The van der Waals surface area contributed by atoms with Gasteiger partial charge in [0.1, 0.15) is 0 Å². The molecule has 0 atom stereocenters. The molecule has 0 aliphatic rings. The summed E-state index contributed by atoms with van der Waals surface area (Å²) in [5.41, 5.74) is 6.43. The average Bonchev–Trinajstić information content (AvgIpc) is 2.37. The van der Waals surface area contributed by atoms with E-state index in [9.17, 15) is 20.0 Å². The van der Waals surface area contributed by atoms with E-state index in [1.54, 1.807) is 6.07 Å². The fraction of sp³-hybridized carbons (Fsp3) is 0.273. The van der Waals surface area contributed by atoms with Gasteiger partial charge in [-0.15, -0.1) is 0 Å². The minimum absolute atomic E-state index is 0. The summed E-state index contributed by atoms with van der Waals surface area (Å²) in [6.45, 7) is 0. The van der Waals surface area contributed by atoms with Crippen molar-refractivity contribution in [2.45, 2.75) is 24.2 Å². The quantitative estimate of drug-likeness (QED) is 0.156. The van der Waals surface area contributed by atoms with Gasteiger partial charge in [0, 0.05) is 23.8 Å². The van der Waals surface area contributed by atoms with Crippen molar-refractivity contribution in [1.29, 1.82) is 0 Å². The molecule has 22 heavy (non-hydrogen) atoms. The van der Waals surface area contributed by atoms with E-state index in [-0.39, 0.29) is 84.3 Å². The summed E-state index contributed by atoms with van der Waals surface area (Å²) in [6, 6.07) is 4.58. The second-order valence-corrected chi connectivity index (χ2v) is 4.49. The van der Waals surface area contributed by atoms with Crippen LogP contribution < -0.4 is 80.5 Å². The van der Waals surface area contributed by atoms with E-state index >= 15 is 0 Å². The molecule has 8 nitrogen and oxygen atoms in total. The van der Waals surface area contributed by atoms with Gasteiger partial charge in [-0.25, -0.2) is 0 Å². The van der Waals surface area contributed by atoms with Crippen molar-refractivity contribution in [3.05, 3.63) is 18.2 Å². The van der Waals surface area contributed by atoms with Crippen molar-refractivity contribution in [2.75, 3.05) is 11.1 Å². The van der Waals surface area contributed by atoms with Crippen LogP contribution in [0.3, 0.4) is 0 Å². The van der Waals surface area contributed by atoms with Crippen LogP contribution in [-0.2, 0) is 19.0 Å². The monoisotopic (exact) mass is 346 g/mol. The number of nitrogen functional groups attached to an aromatic ring is 1. The number of rotatable bonds is 8. The van der Waals surface area contributed by atoms with Gasteiger partial charge in [0.25, 0.3) is 0 Å². The van der Waals surface area contributed by atoms with Crippen molar-refractivity contribution in [2.24, 2.45) is 0 Å². The van der Waals surface area contributed by atoms with Crippen LogP contribution in [-0.4, -0.2) is 11.9 Å². The number of carboxylic acids is 1. The third-order valence-electron chi connectivity index (χ3n) is 2.23. The Morgan fingerprint density at radius 2 is 1.95 bits per heavy atom. The molecule has 0 aromatic heterocycles. The van der Waals surface area contributed by atoms with Crippen LogP contribution in [0.25, 0.3) is 0 Å². The number of benzene rings is 1. The molecule has 0 bridgehead atoms. The van der Waals surface area contributed by atoms with Gasteiger partial charge in [0.2, 0.25) is 5.91 Å². The van der Waals surface area contributed by atoms with Gasteiger partial charge in [0.15, 0.2) is 0 Å². The average molecular weight is 346 g/mol. The van der Waals surface area contributed by atoms with Gasteiger partial charge < -0.3 is 26.2 Å². The molecule has 0 radical (unpaired) electrons. The van der Waals surface area contributed by atoms with Gasteiger partial charge in [-0.1, -0.05) is 0 Å². The first-order valence-electron chi connectivity index (χ1n) is 5.55. The predicted molar refractivity (Wildman–Crippen MR) is 66.4 cm³/mol. The molecule has 0 aliphatic carbocycles. The number of nitrogens with two attached hydrogens (primary N) is 1. The molecule has 0 spiro atoms. The van der Waals surface area contributed by atoms with E-state index in [1.165, 1.54) is 12.1 Å². The smallest absolute Gasteiger partial charge is 0.691 e. The molecule has 1 aromatic rings. The van der Waals surface area contributed by atoms with Gasteiger partial charge >= 0.3 is 59.1 Å². The maximum absolute atomic E-state index is 11.5. The molecular formula is C11H12N2Na2O6S. The number of carbonyl (C=O) groups is 2. The molecule has 0 aliphatic heterocycles. The number of nitrogens with one attached hydrogen (secondary N) is 1. The van der Waals surface area contributed by atoms with Crippen molar-refractivity contribution in [1.82, 2.24) is 0 Å². The molecule has 3 N–H and O–H groups in total. The van der Waals surface area contributed by atoms with Crippen molar-refractivity contribution in [3.8, 4) is 0 Å². The summed E-state index contributed by atoms with van der Waals surface area (Å²) in [5, 5.41) is 25.6. The first kappa shape index (κ1) is 24.4. The minimum atomic E-state index is -1.19. The standard InChI is InChI=1S/C11H14N2O6S.2Na/c12-8-6-7(4-5-9(8)20-19-18-17)13-10(14)2-1-3-11(15)16;;/h4-6,17H,1-3,12H2,(H,13,14)(H,15,16);;/q;2*+1/p-2. The maximum Gasteiger partial charge on any atom is 1.00 e. The Morgan fingerprint density at radius 1 is 1.27 bits per heavy atom. The van der Waals surface area contributed by atoms with Crippen molar-refractivity contribution < 1.29 is 88.4 Å². The second-order valence-electron chi connectivity index (χ2n) is 3.75. The van der Waals surface area contributed by atoms with Crippen LogP contribution in [0.4, 0.5) is 11.4 Å². The Labute approximate surface area is 175 Å². The van der Waals surface area contributed by atoms with Crippen LogP contribution in [0.2, 0.25) is 0 Å². The number of hydrogen-bond acceptors (Lipinski definition) is 8. The molecule has 11 heteroatoms. The Kier molecular flexibility index (Phi) is 15.1. The molecular weight excluding hydrogens is 334 g/mol. The Balaban J connectivity index is 0. The van der Waals surface area contributed by atoms with Gasteiger partial charge in [-0.05, 0) is 31.0 Å². The van der Waals surface area contributed by atoms with E-state index in [0.29, 0.717) is 28.3 Å². The van der Waals surface area contributed by atoms with Crippen LogP contribution in [0.15, 0.2) is 23.1 Å². The fourth-order valence-electron chi connectivity index (χ4n) is 1.37. The summed E-state index contributed by atoms with van der Waals surface area (Å²) in [4.78, 5) is 22.2. The molecule has 1 aromatic carbocycles. The van der Waals surface area contributed by atoms with Crippen LogP contribution in [0, 0.1) is 0 Å². The van der Waals surface area contributed by atoms with E-state index in [4.69, 9.17) is 5.73 Å². The first-order chi connectivity index (χ1) is 9.52. The molecule has 1 amide bonds. The van der Waals surface area contributed by atoms with Crippen LogP contribution in [0.1, 0.15) is 19.3 Å². The number of carbonyl (C=O) groups excluding carboxylic acids is 2. The summed E-state index contributed by atoms with van der Waals surface area (Å²) in [5.74, 6) is -1.52. The molecule has 0 heterocycles. The molecule has 0 fully saturated rings. The van der Waals surface area contributed by atoms with Crippen molar-refractivity contribution >= 4 is 35.3 Å². The Bertz CT molecular complexity index is 492. The van der Waals surface area contributed by atoms with Crippen LogP contribution >= 0.6 is 12.0 Å². The summed E-state index contributed by atoms with van der Waals surface area (Å²) >= 11 is 0.647. The Hall–Kier alpha value is 0.190. The normalized spacial score (nSPS) is 9.32. The van der Waals surface area contributed by atoms with Gasteiger partial charge in [-0.3, -0.25) is 9.83 Å². The zero-order chi connectivity index (χ0) is 15.0. The summed E-state index contributed by atoms with van der Waals surface area (Å²) in [7, 11) is 0. The largest absolute Gasteiger partial charge is 1.00 e. The molecule has 0 saturated heterocycles. The first-order valence-corrected chi connectivity index (χ1v) is 6.29. The molecule has 0 unspecified atom stereocenters. The number of anilines is 2. The summed E-state index contributed by atoms with van der Waals surface area (Å²) < 4.78 is 4.13. The number of amides is 1. The number of hydrogen-bond donors (Lipinski definition) is 2. The SMILES string of the molecule is Nc1cc(NC(=O)CCCC(=O)[O-])ccc1SOO[O-].[Na+].[Na+]. The third kappa shape index (κ3) is 10.1. The van der Waals surface area contributed by atoms with E-state index in [0.717, 1.165) is 0 Å². The van der Waals surface area contributed by atoms with Crippen molar-refractivity contribution in [3.63, 3.8) is 0 Å². The zero-order valence-electron chi connectivity index (χ0n) is 12.3. The molecule has 0 saturated carbocycles. The van der Waals surface area contributed by atoms with E-state index in [1.807, 2.05) is 0 Å². The predicted octanol–water partition coefficient (Wildman–Crippen LogP) is -6.63. The second kappa shape index (κ2) is 13.6. The minimum Gasteiger partial charge on any atom is -0.691 e. The topological polar surface area (TPSA) is 137 Å².